The number of halogens is 2. The third-order valence-electron chi connectivity index (χ3n) is 2.11. The molecule has 0 spiro atoms. The Morgan fingerprint density at radius 1 is 1.06 bits per heavy atom. The van der Waals surface area contributed by atoms with Crippen LogP contribution >= 0.6 is 39.3 Å². The monoisotopic (exact) mass is 323 g/mol. The van der Waals surface area contributed by atoms with E-state index in [0.29, 0.717) is 10.6 Å². The number of nitrogens with zero attached hydrogens (tertiary/aromatic N) is 1. The van der Waals surface area contributed by atoms with Crippen molar-refractivity contribution >= 4 is 39.3 Å². The third kappa shape index (κ3) is 3.26. The molecule has 0 aliphatic rings. The highest BCUT2D eigenvalue weighted by molar-refractivity contribution is 9.10. The summed E-state index contributed by atoms with van der Waals surface area (Å²) in [6.07, 6.45) is 0. The van der Waals surface area contributed by atoms with Gasteiger partial charge in [-0.05, 0) is 42.5 Å². The first-order chi connectivity index (χ1) is 8.19. The minimum Gasteiger partial charge on any atom is -0.192 e. The smallest absolute Gasteiger partial charge is 0.101 e. The van der Waals surface area contributed by atoms with Crippen LogP contribution in [0.2, 0.25) is 5.02 Å². The predicted octanol–water partition coefficient (Wildman–Crippen LogP) is 5.13. The Hall–Kier alpha value is -0.950. The topological polar surface area (TPSA) is 23.8 Å². The fourth-order valence-electron chi connectivity index (χ4n) is 1.29. The van der Waals surface area contributed by atoms with Gasteiger partial charge >= 0.3 is 0 Å². The van der Waals surface area contributed by atoms with Gasteiger partial charge < -0.3 is 0 Å². The lowest BCUT2D eigenvalue weighted by atomic mass is 10.2. The summed E-state index contributed by atoms with van der Waals surface area (Å²) in [4.78, 5) is 2.13. The van der Waals surface area contributed by atoms with E-state index in [-0.39, 0.29) is 0 Å². The lowest BCUT2D eigenvalue weighted by Crippen LogP contribution is -1.79. The Morgan fingerprint density at radius 3 is 2.35 bits per heavy atom. The van der Waals surface area contributed by atoms with Crippen LogP contribution in [0.5, 0.6) is 0 Å². The minimum atomic E-state index is 0.493. The van der Waals surface area contributed by atoms with Gasteiger partial charge in [0.15, 0.2) is 0 Å². The van der Waals surface area contributed by atoms with Gasteiger partial charge in [-0.2, -0.15) is 5.26 Å². The van der Waals surface area contributed by atoms with E-state index < -0.39 is 0 Å². The van der Waals surface area contributed by atoms with Crippen LogP contribution in [0.4, 0.5) is 0 Å². The predicted molar refractivity (Wildman–Crippen MR) is 74.4 cm³/mol. The van der Waals surface area contributed by atoms with Crippen LogP contribution in [0, 0.1) is 11.3 Å². The Bertz CT molecular complexity index is 575. The van der Waals surface area contributed by atoms with E-state index in [9.17, 15) is 0 Å². The lowest BCUT2D eigenvalue weighted by Gasteiger charge is -2.03. The Balaban J connectivity index is 2.25. The standard InChI is InChI=1S/C13H7BrClNS/c14-10-1-3-11(4-2-10)17-12-5-6-13(15)9(7-12)8-16/h1-7H. The van der Waals surface area contributed by atoms with E-state index >= 15 is 0 Å². The molecule has 0 aliphatic carbocycles. The third-order valence-corrected chi connectivity index (χ3v) is 3.96. The van der Waals surface area contributed by atoms with Crippen molar-refractivity contribution < 1.29 is 0 Å². The van der Waals surface area contributed by atoms with Gasteiger partial charge in [0.05, 0.1) is 10.6 Å². The van der Waals surface area contributed by atoms with Crippen molar-refractivity contribution in [2.75, 3.05) is 0 Å². The molecule has 0 aliphatic heterocycles. The van der Waals surface area contributed by atoms with Crippen molar-refractivity contribution in [2.24, 2.45) is 0 Å². The highest BCUT2D eigenvalue weighted by atomic mass is 79.9. The maximum atomic E-state index is 8.90. The van der Waals surface area contributed by atoms with E-state index in [4.69, 9.17) is 16.9 Å². The van der Waals surface area contributed by atoms with Gasteiger partial charge in [-0.15, -0.1) is 0 Å². The molecule has 0 aromatic heterocycles. The number of nitriles is 1. The van der Waals surface area contributed by atoms with Crippen molar-refractivity contribution in [3.8, 4) is 6.07 Å². The van der Waals surface area contributed by atoms with Crippen LogP contribution in [-0.4, -0.2) is 0 Å². The first-order valence-corrected chi connectivity index (χ1v) is 6.81. The fraction of sp³-hybridized carbons (Fsp3) is 0. The summed E-state index contributed by atoms with van der Waals surface area (Å²) < 4.78 is 1.05. The molecule has 0 unspecified atom stereocenters. The zero-order valence-electron chi connectivity index (χ0n) is 8.65. The summed E-state index contributed by atoms with van der Waals surface area (Å²) in [6.45, 7) is 0. The molecule has 1 nitrogen and oxygen atoms in total. The van der Waals surface area contributed by atoms with E-state index in [1.807, 2.05) is 30.3 Å². The van der Waals surface area contributed by atoms with Gasteiger partial charge in [0.25, 0.3) is 0 Å². The van der Waals surface area contributed by atoms with Gasteiger partial charge in [0.1, 0.15) is 6.07 Å². The molecule has 0 fully saturated rings. The van der Waals surface area contributed by atoms with Gasteiger partial charge in [0, 0.05) is 14.3 Å². The van der Waals surface area contributed by atoms with Gasteiger partial charge in [-0.1, -0.05) is 39.3 Å². The largest absolute Gasteiger partial charge is 0.192 e. The molecule has 0 radical (unpaired) electrons. The average Bonchev–Trinajstić information content (AvgIpc) is 2.34. The molecule has 0 N–H and O–H groups in total. The molecule has 4 heteroatoms. The first kappa shape index (κ1) is 12.5. The highest BCUT2D eigenvalue weighted by Crippen LogP contribution is 2.30. The molecule has 0 heterocycles. The molecular weight excluding hydrogens is 318 g/mol. The summed E-state index contributed by atoms with van der Waals surface area (Å²) in [5, 5.41) is 9.39. The quantitative estimate of drug-likeness (QED) is 0.765. The van der Waals surface area contributed by atoms with Crippen molar-refractivity contribution in [1.82, 2.24) is 0 Å². The Labute approximate surface area is 118 Å². The van der Waals surface area contributed by atoms with Crippen LogP contribution in [0.3, 0.4) is 0 Å². The molecule has 84 valence electrons. The molecule has 2 aromatic rings. The minimum absolute atomic E-state index is 0.493. The molecule has 0 atom stereocenters. The first-order valence-electron chi connectivity index (χ1n) is 4.82. The second-order valence-electron chi connectivity index (χ2n) is 3.31. The lowest BCUT2D eigenvalue weighted by molar-refractivity contribution is 1.37. The molecular formula is C13H7BrClNS. The molecule has 0 bridgehead atoms. The summed E-state index contributed by atoms with van der Waals surface area (Å²) in [5.74, 6) is 0. The summed E-state index contributed by atoms with van der Waals surface area (Å²) in [7, 11) is 0. The maximum absolute atomic E-state index is 8.90. The second kappa shape index (κ2) is 5.59. The zero-order chi connectivity index (χ0) is 12.3. The van der Waals surface area contributed by atoms with Crippen molar-refractivity contribution in [3.05, 3.63) is 57.5 Å². The summed E-state index contributed by atoms with van der Waals surface area (Å²) in [6, 6.07) is 15.6. The van der Waals surface area contributed by atoms with Gasteiger partial charge in [-0.3, -0.25) is 0 Å². The summed E-state index contributed by atoms with van der Waals surface area (Å²) >= 11 is 10.9. The normalized spacial score (nSPS) is 9.94. The van der Waals surface area contributed by atoms with Crippen LogP contribution in [0.15, 0.2) is 56.7 Å². The molecule has 2 aromatic carbocycles. The second-order valence-corrected chi connectivity index (χ2v) is 5.78. The zero-order valence-corrected chi connectivity index (χ0v) is 11.8. The van der Waals surface area contributed by atoms with Crippen molar-refractivity contribution in [3.63, 3.8) is 0 Å². The van der Waals surface area contributed by atoms with E-state index in [0.717, 1.165) is 14.3 Å². The number of hydrogen-bond acceptors (Lipinski definition) is 2. The molecule has 2 rings (SSSR count). The van der Waals surface area contributed by atoms with E-state index in [1.54, 1.807) is 23.9 Å². The van der Waals surface area contributed by atoms with Crippen LogP contribution in [0.1, 0.15) is 5.56 Å². The molecule has 0 saturated carbocycles. The summed E-state index contributed by atoms with van der Waals surface area (Å²) in [5.41, 5.74) is 0.508. The Kier molecular flexibility index (Phi) is 4.11. The number of benzene rings is 2. The van der Waals surface area contributed by atoms with Crippen LogP contribution in [0.25, 0.3) is 0 Å². The number of hydrogen-bond donors (Lipinski definition) is 0. The Morgan fingerprint density at radius 2 is 1.71 bits per heavy atom. The van der Waals surface area contributed by atoms with E-state index in [1.165, 1.54) is 0 Å². The number of rotatable bonds is 2. The SMILES string of the molecule is N#Cc1cc(Sc2ccc(Br)cc2)ccc1Cl. The maximum Gasteiger partial charge on any atom is 0.101 e. The highest BCUT2D eigenvalue weighted by Gasteiger charge is 2.03. The van der Waals surface area contributed by atoms with Crippen LogP contribution in [-0.2, 0) is 0 Å². The molecule has 0 amide bonds. The molecule has 0 saturated heterocycles. The van der Waals surface area contributed by atoms with Gasteiger partial charge in [0.2, 0.25) is 0 Å². The molecule has 17 heavy (non-hydrogen) atoms. The van der Waals surface area contributed by atoms with Gasteiger partial charge in [-0.25, -0.2) is 0 Å². The fourth-order valence-corrected chi connectivity index (χ4v) is 2.57. The average molecular weight is 325 g/mol. The van der Waals surface area contributed by atoms with Crippen molar-refractivity contribution in [1.29, 1.82) is 5.26 Å². The van der Waals surface area contributed by atoms with Crippen LogP contribution < -0.4 is 0 Å². The van der Waals surface area contributed by atoms with Crippen molar-refractivity contribution in [2.45, 2.75) is 9.79 Å². The van der Waals surface area contributed by atoms with E-state index in [2.05, 4.69) is 22.0 Å².